The van der Waals surface area contributed by atoms with Gasteiger partial charge in [-0.1, -0.05) is 33.1 Å². The van der Waals surface area contributed by atoms with Crippen molar-refractivity contribution >= 4 is 5.91 Å². The van der Waals surface area contributed by atoms with E-state index in [0.717, 1.165) is 19.5 Å². The second-order valence-corrected chi connectivity index (χ2v) is 6.44. The third-order valence-corrected chi connectivity index (χ3v) is 4.86. The van der Waals surface area contributed by atoms with Gasteiger partial charge in [0.25, 0.3) is 0 Å². The average Bonchev–Trinajstić information content (AvgIpc) is 3.06. The van der Waals surface area contributed by atoms with Crippen LogP contribution in [0.1, 0.15) is 58.8 Å². The summed E-state index contributed by atoms with van der Waals surface area (Å²) in [5, 5.41) is 6.58. The Balaban J connectivity index is 1.76. The molecule has 3 heteroatoms. The van der Waals surface area contributed by atoms with Gasteiger partial charge >= 0.3 is 0 Å². The Morgan fingerprint density at radius 1 is 1.28 bits per heavy atom. The highest BCUT2D eigenvalue weighted by molar-refractivity contribution is 5.81. The van der Waals surface area contributed by atoms with Crippen LogP contribution >= 0.6 is 0 Å². The van der Waals surface area contributed by atoms with Crippen LogP contribution < -0.4 is 10.6 Å². The summed E-state index contributed by atoms with van der Waals surface area (Å²) >= 11 is 0. The zero-order chi connectivity index (χ0) is 13.0. The van der Waals surface area contributed by atoms with E-state index in [9.17, 15) is 4.79 Å². The van der Waals surface area contributed by atoms with E-state index in [1.807, 2.05) is 0 Å². The molecule has 0 bridgehead atoms. The molecule has 0 aromatic heterocycles. The molecule has 2 fully saturated rings. The maximum atomic E-state index is 12.2. The molecule has 0 radical (unpaired) electrons. The minimum Gasteiger partial charge on any atom is -0.354 e. The number of carbonyl (C=O) groups is 1. The van der Waals surface area contributed by atoms with Crippen LogP contribution in [0.2, 0.25) is 0 Å². The van der Waals surface area contributed by atoms with Gasteiger partial charge in [-0.25, -0.2) is 0 Å². The lowest BCUT2D eigenvalue weighted by Gasteiger charge is -2.24. The Kier molecular flexibility index (Phi) is 4.66. The van der Waals surface area contributed by atoms with Gasteiger partial charge in [-0.3, -0.25) is 4.79 Å². The maximum Gasteiger partial charge on any atom is 0.237 e. The Bertz CT molecular complexity index is 276. The van der Waals surface area contributed by atoms with Gasteiger partial charge in [0.05, 0.1) is 6.04 Å². The van der Waals surface area contributed by atoms with Gasteiger partial charge in [-0.2, -0.15) is 0 Å². The normalized spacial score (nSPS) is 27.4. The SMILES string of the molecule is CC(C)C1(CNC(=O)C2CCCCCCN2)CC1. The summed E-state index contributed by atoms with van der Waals surface area (Å²) in [6.07, 6.45) is 8.53. The molecule has 1 saturated carbocycles. The third-order valence-electron chi connectivity index (χ3n) is 4.86. The Hall–Kier alpha value is -0.570. The van der Waals surface area contributed by atoms with Crippen LogP contribution in [-0.2, 0) is 4.79 Å². The second-order valence-electron chi connectivity index (χ2n) is 6.44. The lowest BCUT2D eigenvalue weighted by atomic mass is 9.92. The van der Waals surface area contributed by atoms with Gasteiger partial charge < -0.3 is 10.6 Å². The summed E-state index contributed by atoms with van der Waals surface area (Å²) in [5.41, 5.74) is 0.414. The van der Waals surface area contributed by atoms with Gasteiger partial charge in [0, 0.05) is 6.54 Å². The molecular formula is C15H28N2O. The monoisotopic (exact) mass is 252 g/mol. The van der Waals surface area contributed by atoms with Crippen molar-refractivity contribution in [3.05, 3.63) is 0 Å². The molecule has 3 nitrogen and oxygen atoms in total. The summed E-state index contributed by atoms with van der Waals surface area (Å²) in [4.78, 5) is 12.2. The molecule has 0 spiro atoms. The summed E-state index contributed by atoms with van der Waals surface area (Å²) in [7, 11) is 0. The molecule has 2 aliphatic rings. The average molecular weight is 252 g/mol. The molecule has 2 rings (SSSR count). The first kappa shape index (κ1) is 13.9. The van der Waals surface area contributed by atoms with E-state index in [1.54, 1.807) is 0 Å². The summed E-state index contributed by atoms with van der Waals surface area (Å²) in [6, 6.07) is 0.0493. The molecule has 1 aliphatic heterocycles. The molecule has 0 aromatic carbocycles. The van der Waals surface area contributed by atoms with Gasteiger partial charge in [0.2, 0.25) is 5.91 Å². The van der Waals surface area contributed by atoms with Crippen molar-refractivity contribution < 1.29 is 4.79 Å². The predicted octanol–water partition coefficient (Wildman–Crippen LogP) is 2.46. The van der Waals surface area contributed by atoms with E-state index in [-0.39, 0.29) is 11.9 Å². The molecule has 104 valence electrons. The number of carbonyl (C=O) groups excluding carboxylic acids is 1. The van der Waals surface area contributed by atoms with Crippen molar-refractivity contribution in [2.75, 3.05) is 13.1 Å². The van der Waals surface area contributed by atoms with E-state index in [4.69, 9.17) is 0 Å². The lowest BCUT2D eigenvalue weighted by molar-refractivity contribution is -0.123. The van der Waals surface area contributed by atoms with Gasteiger partial charge in [0.1, 0.15) is 0 Å². The molecular weight excluding hydrogens is 224 g/mol. The third kappa shape index (κ3) is 3.47. The zero-order valence-electron chi connectivity index (χ0n) is 11.9. The topological polar surface area (TPSA) is 41.1 Å². The standard InChI is InChI=1S/C15H28N2O/c1-12(2)15(8-9-15)11-17-14(18)13-7-5-3-4-6-10-16-13/h12-13,16H,3-11H2,1-2H3,(H,17,18). The fourth-order valence-electron chi connectivity index (χ4n) is 2.93. The molecule has 2 N–H and O–H groups in total. The van der Waals surface area contributed by atoms with Crippen LogP contribution in [0.25, 0.3) is 0 Å². The van der Waals surface area contributed by atoms with Crippen LogP contribution in [0, 0.1) is 11.3 Å². The Morgan fingerprint density at radius 3 is 2.67 bits per heavy atom. The van der Waals surface area contributed by atoms with E-state index in [0.29, 0.717) is 11.3 Å². The number of rotatable bonds is 4. The molecule has 18 heavy (non-hydrogen) atoms. The highest BCUT2D eigenvalue weighted by Gasteiger charge is 2.45. The van der Waals surface area contributed by atoms with Crippen molar-refractivity contribution in [3.8, 4) is 0 Å². The molecule has 1 atom stereocenters. The first-order chi connectivity index (χ1) is 8.64. The molecule has 1 amide bonds. The highest BCUT2D eigenvalue weighted by Crippen LogP contribution is 2.51. The largest absolute Gasteiger partial charge is 0.354 e. The smallest absolute Gasteiger partial charge is 0.237 e. The predicted molar refractivity (Wildman–Crippen MR) is 74.4 cm³/mol. The van der Waals surface area contributed by atoms with Crippen molar-refractivity contribution in [2.24, 2.45) is 11.3 Å². The van der Waals surface area contributed by atoms with Gasteiger partial charge in [0.15, 0.2) is 0 Å². The molecule has 1 aliphatic carbocycles. The van der Waals surface area contributed by atoms with E-state index < -0.39 is 0 Å². The Morgan fingerprint density at radius 2 is 2.00 bits per heavy atom. The quantitative estimate of drug-likeness (QED) is 0.807. The van der Waals surface area contributed by atoms with Crippen LogP contribution in [0.15, 0.2) is 0 Å². The van der Waals surface area contributed by atoms with Crippen LogP contribution in [0.3, 0.4) is 0 Å². The Labute approximate surface area is 111 Å². The minimum absolute atomic E-state index is 0.0493. The summed E-state index contributed by atoms with van der Waals surface area (Å²) in [5.74, 6) is 0.909. The van der Waals surface area contributed by atoms with Gasteiger partial charge in [-0.15, -0.1) is 0 Å². The lowest BCUT2D eigenvalue weighted by Crippen LogP contribution is -2.47. The van der Waals surface area contributed by atoms with Crippen LogP contribution in [0.5, 0.6) is 0 Å². The number of amides is 1. The fourth-order valence-corrected chi connectivity index (χ4v) is 2.93. The van der Waals surface area contributed by atoms with Crippen LogP contribution in [0.4, 0.5) is 0 Å². The molecule has 1 saturated heterocycles. The highest BCUT2D eigenvalue weighted by atomic mass is 16.2. The van der Waals surface area contributed by atoms with E-state index in [2.05, 4.69) is 24.5 Å². The summed E-state index contributed by atoms with van der Waals surface area (Å²) in [6.45, 7) is 6.41. The van der Waals surface area contributed by atoms with Crippen molar-refractivity contribution in [1.29, 1.82) is 0 Å². The number of hydrogen-bond donors (Lipinski definition) is 2. The molecule has 1 unspecified atom stereocenters. The number of nitrogens with one attached hydrogen (secondary N) is 2. The van der Waals surface area contributed by atoms with Crippen molar-refractivity contribution in [3.63, 3.8) is 0 Å². The van der Waals surface area contributed by atoms with E-state index in [1.165, 1.54) is 38.5 Å². The van der Waals surface area contributed by atoms with Crippen LogP contribution in [-0.4, -0.2) is 25.0 Å². The van der Waals surface area contributed by atoms with Gasteiger partial charge in [-0.05, 0) is 43.6 Å². The number of hydrogen-bond acceptors (Lipinski definition) is 2. The van der Waals surface area contributed by atoms with E-state index >= 15 is 0 Å². The first-order valence-electron chi connectivity index (χ1n) is 7.65. The van der Waals surface area contributed by atoms with Crippen molar-refractivity contribution in [2.45, 2.75) is 64.8 Å². The molecule has 0 aromatic rings. The minimum atomic E-state index is 0.0493. The first-order valence-corrected chi connectivity index (χ1v) is 7.65. The zero-order valence-corrected chi connectivity index (χ0v) is 11.9. The van der Waals surface area contributed by atoms with Crippen molar-refractivity contribution in [1.82, 2.24) is 10.6 Å². The molecule has 1 heterocycles. The fraction of sp³-hybridized carbons (Fsp3) is 0.933. The second kappa shape index (κ2) is 6.05. The summed E-state index contributed by atoms with van der Waals surface area (Å²) < 4.78 is 0. The maximum absolute atomic E-state index is 12.2.